The molecule has 0 fully saturated rings. The number of hydrogen-bond donors (Lipinski definition) is 3. The van der Waals surface area contributed by atoms with Crippen molar-refractivity contribution >= 4 is 23.2 Å². The van der Waals surface area contributed by atoms with Crippen molar-refractivity contribution in [2.75, 3.05) is 10.6 Å². The molecule has 0 aliphatic carbocycles. The molecule has 2 amide bonds. The first kappa shape index (κ1) is 24.0. The zero-order valence-electron chi connectivity index (χ0n) is 15.9. The van der Waals surface area contributed by atoms with E-state index in [1.807, 2.05) is 35.6 Å². The van der Waals surface area contributed by atoms with Gasteiger partial charge in [0, 0.05) is 11.8 Å². The Bertz CT molecular complexity index is 986. The van der Waals surface area contributed by atoms with Crippen molar-refractivity contribution in [1.29, 1.82) is 0 Å². The van der Waals surface area contributed by atoms with Crippen molar-refractivity contribution in [2.45, 2.75) is 13.1 Å². The molecule has 0 spiro atoms. The van der Waals surface area contributed by atoms with Crippen molar-refractivity contribution in [1.82, 2.24) is 9.13 Å². The molecule has 0 atom stereocenters. The molecule has 0 saturated heterocycles. The molecule has 2 heterocycles. The Morgan fingerprint density at radius 3 is 1.90 bits per heavy atom. The molecule has 3 rings (SSSR count). The lowest BCUT2D eigenvalue weighted by Crippen LogP contribution is -3.00. The monoisotopic (exact) mass is 440 g/mol. The molecule has 156 valence electrons. The number of nitrogens with zero attached hydrogens (tertiary/aromatic N) is 4. The lowest BCUT2D eigenvalue weighted by Gasteiger charge is -2.09. The van der Waals surface area contributed by atoms with E-state index in [4.69, 9.17) is 0 Å². The summed E-state index contributed by atoms with van der Waals surface area (Å²) in [6.45, 7) is 0.293. The third-order valence-corrected chi connectivity index (χ3v) is 3.86. The number of rotatable bonds is 6. The maximum Gasteiger partial charge on any atom is 0.266 e. The third kappa shape index (κ3) is 6.81. The van der Waals surface area contributed by atoms with Crippen LogP contribution in [0.5, 0.6) is 5.75 Å². The summed E-state index contributed by atoms with van der Waals surface area (Å²) in [4.78, 5) is 24.2. The molecule has 0 radical (unpaired) electrons. The van der Waals surface area contributed by atoms with Crippen LogP contribution < -0.4 is 44.6 Å². The van der Waals surface area contributed by atoms with Gasteiger partial charge in [-0.2, -0.15) is 0 Å². The van der Waals surface area contributed by atoms with Gasteiger partial charge < -0.3 is 40.6 Å². The van der Waals surface area contributed by atoms with Crippen molar-refractivity contribution in [2.24, 2.45) is 14.1 Å². The van der Waals surface area contributed by atoms with Gasteiger partial charge >= 0.3 is 0 Å². The first-order chi connectivity index (χ1) is 12.9. The number of aryl methyl sites for hydroxylation is 2. The van der Waals surface area contributed by atoms with Crippen molar-refractivity contribution in [3.63, 3.8) is 0 Å². The summed E-state index contributed by atoms with van der Waals surface area (Å²) in [5.74, 6) is -0.604. The van der Waals surface area contributed by atoms with Crippen molar-refractivity contribution < 1.29 is 48.6 Å². The van der Waals surface area contributed by atoms with Gasteiger partial charge in [0.25, 0.3) is 11.8 Å². The zero-order valence-corrected chi connectivity index (χ0v) is 17.4. The summed E-state index contributed by atoms with van der Waals surface area (Å²) in [7, 11) is 3.74. The van der Waals surface area contributed by atoms with Gasteiger partial charge in [-0.1, -0.05) is 0 Å². The minimum absolute atomic E-state index is 0. The molecule has 29 heavy (non-hydrogen) atoms. The van der Waals surface area contributed by atoms with Crippen LogP contribution in [0.25, 0.3) is 0 Å². The van der Waals surface area contributed by atoms with Crippen molar-refractivity contribution in [3.05, 3.63) is 55.6 Å². The fourth-order valence-corrected chi connectivity index (χ4v) is 2.63. The number of carbonyl (C=O) groups excluding carboxylic acids is 2. The van der Waals surface area contributed by atoms with Gasteiger partial charge in [0.1, 0.15) is 30.5 Å². The number of nitrogens with one attached hydrogen (secondary N) is 2. The fourth-order valence-electron chi connectivity index (χ4n) is 2.63. The Hall–Kier alpha value is -3.04. The number of phenols is 1. The van der Waals surface area contributed by atoms with E-state index in [0.717, 1.165) is 0 Å². The average Bonchev–Trinajstić information content (AvgIpc) is 3.18. The highest BCUT2D eigenvalue weighted by molar-refractivity contribution is 5.94. The highest BCUT2D eigenvalue weighted by Gasteiger charge is 2.13. The van der Waals surface area contributed by atoms with E-state index < -0.39 is 0 Å². The highest BCUT2D eigenvalue weighted by atomic mass is 35.5. The van der Waals surface area contributed by atoms with Gasteiger partial charge in [0.2, 0.25) is 12.7 Å². The second-order valence-electron chi connectivity index (χ2n) is 6.33. The molecule has 3 N–H and O–H groups in total. The van der Waals surface area contributed by atoms with Crippen LogP contribution in [0.2, 0.25) is 0 Å². The van der Waals surface area contributed by atoms with E-state index in [9.17, 15) is 14.7 Å². The molecule has 11 heteroatoms. The number of benzene rings is 1. The minimum Gasteiger partial charge on any atom is -1.00 e. The molecule has 0 bridgehead atoms. The Balaban J connectivity index is 0.00000210. The van der Waals surface area contributed by atoms with Crippen LogP contribution in [0.3, 0.4) is 0 Å². The Labute approximate surface area is 180 Å². The number of anilines is 2. The van der Waals surface area contributed by atoms with Crippen LogP contribution in [0.15, 0.2) is 55.6 Å². The second-order valence-corrected chi connectivity index (χ2v) is 6.33. The molecule has 0 unspecified atom stereocenters. The summed E-state index contributed by atoms with van der Waals surface area (Å²) < 4.78 is 7.13. The van der Waals surface area contributed by atoms with Crippen molar-refractivity contribution in [3.8, 4) is 5.75 Å². The SMILES string of the molecule is C[n+]1ccn(CC(=O)Nc2ccc(NC(=O)Cn3cc[n+](C)c3)c(O)c2)c1.[Cl-].[Cl-]. The summed E-state index contributed by atoms with van der Waals surface area (Å²) in [5, 5.41) is 15.5. The summed E-state index contributed by atoms with van der Waals surface area (Å²) in [6.07, 6.45) is 10.8. The molecule has 9 nitrogen and oxygen atoms in total. The van der Waals surface area contributed by atoms with E-state index in [1.54, 1.807) is 46.3 Å². The standard InChI is InChI=1S/C18H20N6O3.2ClH/c1-21-5-7-23(12-21)10-17(26)19-14-3-4-15(16(25)9-14)20-18(27)11-24-8-6-22(2)13-24;;/h3-9,12-13H,10-11H2,1-2H3,(H-2,19,20,25,26,27);2*1H. The lowest BCUT2D eigenvalue weighted by molar-refractivity contribution is -0.671. The van der Waals surface area contributed by atoms with E-state index in [0.29, 0.717) is 5.69 Å². The van der Waals surface area contributed by atoms with Gasteiger partial charge in [-0.05, 0) is 12.1 Å². The van der Waals surface area contributed by atoms with Crippen LogP contribution in [-0.4, -0.2) is 26.1 Å². The molecular weight excluding hydrogens is 419 g/mol. The number of amides is 2. The minimum atomic E-state index is -0.265. The maximum atomic E-state index is 12.1. The molecule has 0 saturated carbocycles. The third-order valence-electron chi connectivity index (χ3n) is 3.86. The lowest BCUT2D eigenvalue weighted by atomic mass is 10.2. The molecule has 0 aliphatic rings. The summed E-state index contributed by atoms with van der Waals surface area (Å²) in [5.41, 5.74) is 0.733. The largest absolute Gasteiger partial charge is 1.00 e. The zero-order chi connectivity index (χ0) is 19.4. The normalized spacial score (nSPS) is 9.86. The van der Waals surface area contributed by atoms with Gasteiger partial charge in [-0.3, -0.25) is 9.59 Å². The highest BCUT2D eigenvalue weighted by Crippen LogP contribution is 2.26. The number of imidazole rings is 2. The van der Waals surface area contributed by atoms with E-state index in [1.165, 1.54) is 6.07 Å². The number of halogens is 2. The number of phenolic OH excluding ortho intramolecular Hbond substituents is 1. The summed E-state index contributed by atoms with van der Waals surface area (Å²) >= 11 is 0. The second kappa shape index (κ2) is 10.5. The first-order valence-electron chi connectivity index (χ1n) is 8.34. The Morgan fingerprint density at radius 2 is 1.45 bits per heavy atom. The fraction of sp³-hybridized carbons (Fsp3) is 0.222. The van der Waals surface area contributed by atoms with Crippen LogP contribution in [-0.2, 0) is 36.8 Å². The van der Waals surface area contributed by atoms with Crippen LogP contribution in [0.1, 0.15) is 0 Å². The predicted octanol–water partition coefficient (Wildman–Crippen LogP) is -6.07. The van der Waals surface area contributed by atoms with Crippen LogP contribution in [0.4, 0.5) is 11.4 Å². The van der Waals surface area contributed by atoms with Gasteiger partial charge in [-0.15, -0.1) is 0 Å². The quantitative estimate of drug-likeness (QED) is 0.263. The topological polar surface area (TPSA) is 96.0 Å². The molecule has 1 aromatic carbocycles. The molecule has 3 aromatic rings. The average molecular weight is 441 g/mol. The molecule has 2 aromatic heterocycles. The van der Waals surface area contributed by atoms with Gasteiger partial charge in [-0.25, -0.2) is 18.3 Å². The number of carbonyl (C=O) groups is 2. The van der Waals surface area contributed by atoms with E-state index in [-0.39, 0.29) is 61.2 Å². The summed E-state index contributed by atoms with van der Waals surface area (Å²) in [6, 6.07) is 4.57. The molecular formula is C18H22Cl2N6O3. The number of aromatic hydroxyl groups is 1. The molecule has 0 aliphatic heterocycles. The Morgan fingerprint density at radius 1 is 0.931 bits per heavy atom. The number of hydrogen-bond acceptors (Lipinski definition) is 3. The van der Waals surface area contributed by atoms with Gasteiger partial charge in [0.15, 0.2) is 13.1 Å². The smallest absolute Gasteiger partial charge is 0.266 e. The number of aromatic nitrogens is 4. The predicted molar refractivity (Wildman–Crippen MR) is 96.6 cm³/mol. The van der Waals surface area contributed by atoms with Gasteiger partial charge in [0.05, 0.1) is 19.8 Å². The first-order valence-corrected chi connectivity index (χ1v) is 8.34. The van der Waals surface area contributed by atoms with E-state index >= 15 is 0 Å². The Kier molecular flexibility index (Phi) is 8.68. The van der Waals surface area contributed by atoms with E-state index in [2.05, 4.69) is 10.6 Å². The maximum absolute atomic E-state index is 12.1. The van der Waals surface area contributed by atoms with Crippen LogP contribution in [0, 0.1) is 0 Å². The van der Waals surface area contributed by atoms with Crippen LogP contribution >= 0.6 is 0 Å².